The van der Waals surface area contributed by atoms with E-state index in [0.717, 1.165) is 35.9 Å². The Balaban J connectivity index is 1.40. The number of anilines is 3. The van der Waals surface area contributed by atoms with Crippen LogP contribution in [-0.2, 0) is 24.2 Å². The maximum Gasteiger partial charge on any atom is 0.251 e. The van der Waals surface area contributed by atoms with Gasteiger partial charge in [0.25, 0.3) is 5.92 Å². The topological polar surface area (TPSA) is 61.4 Å². The number of carbonyl (C=O) groups excluding carboxylic acids is 1. The molecule has 1 fully saturated rings. The number of amides is 1. The van der Waals surface area contributed by atoms with Gasteiger partial charge in [0.2, 0.25) is 5.91 Å². The fourth-order valence-electron chi connectivity index (χ4n) is 4.65. The third-order valence-electron chi connectivity index (χ3n) is 6.50. The number of nitrogens with zero attached hydrogens (tertiary/aromatic N) is 4. The fourth-order valence-corrected chi connectivity index (χ4v) is 4.65. The molecule has 188 valence electrons. The summed E-state index contributed by atoms with van der Waals surface area (Å²) in [5, 5.41) is 2.76. The molecule has 1 saturated heterocycles. The Hall–Kier alpha value is -3.69. The number of fused-ring (bicyclic) bond motifs is 1. The van der Waals surface area contributed by atoms with E-state index in [0.29, 0.717) is 30.4 Å². The van der Waals surface area contributed by atoms with Gasteiger partial charge in [-0.05, 0) is 41.5 Å². The van der Waals surface area contributed by atoms with Crippen molar-refractivity contribution in [1.29, 1.82) is 0 Å². The van der Waals surface area contributed by atoms with Crippen LogP contribution in [0.4, 0.5) is 34.9 Å². The first-order chi connectivity index (χ1) is 17.3. The van der Waals surface area contributed by atoms with Gasteiger partial charge in [0.15, 0.2) is 5.82 Å². The molecule has 6 nitrogen and oxygen atoms in total. The lowest BCUT2D eigenvalue weighted by Crippen LogP contribution is -2.40. The third-order valence-corrected chi connectivity index (χ3v) is 6.50. The lowest BCUT2D eigenvalue weighted by atomic mass is 10.1. The van der Waals surface area contributed by atoms with Gasteiger partial charge in [0.1, 0.15) is 17.5 Å². The van der Waals surface area contributed by atoms with Crippen LogP contribution in [0.5, 0.6) is 0 Å². The molecule has 0 spiro atoms. The number of rotatable bonds is 5. The van der Waals surface area contributed by atoms with Gasteiger partial charge in [-0.25, -0.2) is 22.5 Å². The SMILES string of the molecule is O=C(Cc1cc(F)cc(F)c1)Nc1ccc(N2CCc3ncccc3C2)nc1N1CCC(F)(F)CC1. The summed E-state index contributed by atoms with van der Waals surface area (Å²) in [5.41, 5.74) is 2.70. The maximum absolute atomic E-state index is 13.8. The number of nitrogens with one attached hydrogen (secondary N) is 1. The van der Waals surface area contributed by atoms with E-state index in [9.17, 15) is 22.4 Å². The number of hydrogen-bond donors (Lipinski definition) is 1. The number of hydrogen-bond acceptors (Lipinski definition) is 5. The average molecular weight is 500 g/mol. The van der Waals surface area contributed by atoms with Crippen molar-refractivity contribution >= 4 is 23.2 Å². The highest BCUT2D eigenvalue weighted by Gasteiger charge is 2.35. The van der Waals surface area contributed by atoms with Gasteiger partial charge in [-0.15, -0.1) is 0 Å². The van der Waals surface area contributed by atoms with E-state index in [1.54, 1.807) is 23.2 Å². The van der Waals surface area contributed by atoms with Crippen molar-refractivity contribution < 1.29 is 22.4 Å². The average Bonchev–Trinajstić information content (AvgIpc) is 2.83. The number of piperidine rings is 1. The van der Waals surface area contributed by atoms with Gasteiger partial charge in [-0.3, -0.25) is 9.78 Å². The zero-order valence-corrected chi connectivity index (χ0v) is 19.5. The van der Waals surface area contributed by atoms with E-state index in [1.807, 2.05) is 12.1 Å². The highest BCUT2D eigenvalue weighted by atomic mass is 19.3. The van der Waals surface area contributed by atoms with Crippen molar-refractivity contribution in [3.05, 3.63) is 77.1 Å². The number of carbonyl (C=O) groups is 1. The van der Waals surface area contributed by atoms with Crippen LogP contribution in [0.2, 0.25) is 0 Å². The van der Waals surface area contributed by atoms with Gasteiger partial charge in [-0.1, -0.05) is 6.07 Å². The Morgan fingerprint density at radius 2 is 1.75 bits per heavy atom. The summed E-state index contributed by atoms with van der Waals surface area (Å²) in [7, 11) is 0. The molecule has 1 aromatic carbocycles. The fraction of sp³-hybridized carbons (Fsp3) is 0.346. The summed E-state index contributed by atoms with van der Waals surface area (Å²) < 4.78 is 54.7. The summed E-state index contributed by atoms with van der Waals surface area (Å²) in [6.07, 6.45) is 1.66. The Kier molecular flexibility index (Phi) is 6.51. The zero-order chi connectivity index (χ0) is 25.3. The van der Waals surface area contributed by atoms with Gasteiger partial charge in [0, 0.05) is 63.4 Å². The molecule has 10 heteroatoms. The van der Waals surface area contributed by atoms with Gasteiger partial charge < -0.3 is 15.1 Å². The van der Waals surface area contributed by atoms with Crippen molar-refractivity contribution in [3.63, 3.8) is 0 Å². The molecular formula is C26H25F4N5O. The number of halogens is 4. The van der Waals surface area contributed by atoms with Crippen molar-refractivity contribution in [2.24, 2.45) is 0 Å². The summed E-state index contributed by atoms with van der Waals surface area (Å²) in [4.78, 5) is 25.8. The van der Waals surface area contributed by atoms with Crippen molar-refractivity contribution in [2.75, 3.05) is 34.8 Å². The highest BCUT2D eigenvalue weighted by molar-refractivity contribution is 5.95. The maximum atomic E-state index is 13.8. The first-order valence-electron chi connectivity index (χ1n) is 11.8. The molecule has 5 rings (SSSR count). The second kappa shape index (κ2) is 9.75. The van der Waals surface area contributed by atoms with Crippen LogP contribution in [0.25, 0.3) is 0 Å². The van der Waals surface area contributed by atoms with E-state index < -0.39 is 23.5 Å². The zero-order valence-electron chi connectivity index (χ0n) is 19.5. The Morgan fingerprint density at radius 1 is 1.00 bits per heavy atom. The van der Waals surface area contributed by atoms with Crippen LogP contribution < -0.4 is 15.1 Å². The quantitative estimate of drug-likeness (QED) is 0.515. The molecule has 0 bridgehead atoms. The van der Waals surface area contributed by atoms with Crippen LogP contribution in [0, 0.1) is 11.6 Å². The van der Waals surface area contributed by atoms with E-state index in [2.05, 4.69) is 15.2 Å². The molecule has 36 heavy (non-hydrogen) atoms. The van der Waals surface area contributed by atoms with Crippen LogP contribution in [0.1, 0.15) is 29.7 Å². The minimum atomic E-state index is -2.73. The summed E-state index contributed by atoms with van der Waals surface area (Å²) in [5.74, 6) is -3.69. The van der Waals surface area contributed by atoms with E-state index >= 15 is 0 Å². The molecule has 0 radical (unpaired) electrons. The molecule has 3 aromatic rings. The van der Waals surface area contributed by atoms with Crippen molar-refractivity contribution in [3.8, 4) is 0 Å². The summed E-state index contributed by atoms with van der Waals surface area (Å²) in [6, 6.07) is 10.3. The van der Waals surface area contributed by atoms with E-state index in [-0.39, 0.29) is 37.9 Å². The van der Waals surface area contributed by atoms with Crippen LogP contribution in [0.3, 0.4) is 0 Å². The normalized spacial score (nSPS) is 17.0. The van der Waals surface area contributed by atoms with Crippen LogP contribution >= 0.6 is 0 Å². The van der Waals surface area contributed by atoms with E-state index in [4.69, 9.17) is 4.98 Å². The molecule has 1 amide bonds. The first kappa shape index (κ1) is 24.0. The van der Waals surface area contributed by atoms with E-state index in [1.165, 1.54) is 0 Å². The second-order valence-corrected chi connectivity index (χ2v) is 9.17. The third kappa shape index (κ3) is 5.42. The number of alkyl halides is 2. The number of pyridine rings is 2. The lowest BCUT2D eigenvalue weighted by molar-refractivity contribution is -0.115. The predicted molar refractivity (Wildman–Crippen MR) is 128 cm³/mol. The van der Waals surface area contributed by atoms with Crippen LogP contribution in [0.15, 0.2) is 48.7 Å². The molecule has 2 aliphatic heterocycles. The predicted octanol–water partition coefficient (Wildman–Crippen LogP) is 4.73. The Labute approximate surface area is 206 Å². The minimum Gasteiger partial charge on any atom is -0.354 e. The molecule has 0 aliphatic carbocycles. The number of benzene rings is 1. The standard InChI is InChI=1S/C26H25F4N5O/c27-19-12-17(13-20(28)15-19)14-24(36)32-22-3-4-23(33-25(22)34-10-6-26(29,30)7-11-34)35-9-5-21-18(16-35)2-1-8-31-21/h1-4,8,12-13,15H,5-7,9-11,14,16H2,(H,32,36). The first-order valence-corrected chi connectivity index (χ1v) is 11.8. The van der Waals surface area contributed by atoms with Gasteiger partial charge >= 0.3 is 0 Å². The molecule has 2 aliphatic rings. The second-order valence-electron chi connectivity index (χ2n) is 9.17. The van der Waals surface area contributed by atoms with Crippen molar-refractivity contribution in [2.45, 2.75) is 38.2 Å². The lowest BCUT2D eigenvalue weighted by Gasteiger charge is -2.35. The van der Waals surface area contributed by atoms with Crippen LogP contribution in [-0.4, -0.2) is 41.4 Å². The smallest absolute Gasteiger partial charge is 0.251 e. The molecule has 4 heterocycles. The number of aromatic nitrogens is 2. The summed E-state index contributed by atoms with van der Waals surface area (Å²) >= 11 is 0. The molecule has 0 atom stereocenters. The molecule has 0 unspecified atom stereocenters. The largest absolute Gasteiger partial charge is 0.354 e. The van der Waals surface area contributed by atoms with Gasteiger partial charge in [0.05, 0.1) is 12.1 Å². The molecule has 2 aromatic heterocycles. The monoisotopic (exact) mass is 499 g/mol. The molecule has 1 N–H and O–H groups in total. The summed E-state index contributed by atoms with van der Waals surface area (Å²) in [6.45, 7) is 1.50. The van der Waals surface area contributed by atoms with Gasteiger partial charge in [-0.2, -0.15) is 0 Å². The highest BCUT2D eigenvalue weighted by Crippen LogP contribution is 2.35. The molecular weight excluding hydrogens is 474 g/mol. The molecule has 0 saturated carbocycles. The van der Waals surface area contributed by atoms with Crippen molar-refractivity contribution in [1.82, 2.24) is 9.97 Å². The Morgan fingerprint density at radius 3 is 2.50 bits per heavy atom. The minimum absolute atomic E-state index is 0.0915. The Bertz CT molecular complexity index is 1250.